The van der Waals surface area contributed by atoms with Crippen LogP contribution in [0.25, 0.3) is 0 Å². The minimum atomic E-state index is -1.51. The van der Waals surface area contributed by atoms with Crippen molar-refractivity contribution in [3.63, 3.8) is 0 Å². The van der Waals surface area contributed by atoms with Gasteiger partial charge in [-0.3, -0.25) is 20.2 Å². The third-order valence-electron chi connectivity index (χ3n) is 2.36. The lowest BCUT2D eigenvalue weighted by Gasteiger charge is -2.18. The van der Waals surface area contributed by atoms with Gasteiger partial charge in [-0.2, -0.15) is 0 Å². The quantitative estimate of drug-likeness (QED) is 0.289. The van der Waals surface area contributed by atoms with Gasteiger partial charge in [0.05, 0.1) is 13.2 Å². The maximum absolute atomic E-state index is 11.7. The van der Waals surface area contributed by atoms with E-state index in [9.17, 15) is 24.0 Å². The van der Waals surface area contributed by atoms with Crippen LogP contribution in [0, 0.1) is 5.92 Å². The smallest absolute Gasteiger partial charge is 0.345 e. The number of ether oxygens (including phenoxy) is 2. The Bertz CT molecular complexity index is 484. The van der Waals surface area contributed by atoms with Gasteiger partial charge in [0.25, 0.3) is 0 Å². The molecule has 0 spiro atoms. The molecule has 0 aliphatic carbocycles. The van der Waals surface area contributed by atoms with E-state index in [2.05, 4.69) is 9.47 Å². The highest BCUT2D eigenvalue weighted by Crippen LogP contribution is 2.11. The Morgan fingerprint density at radius 3 is 1.81 bits per heavy atom. The summed E-state index contributed by atoms with van der Waals surface area (Å²) in [6, 6.07) is -0.969. The van der Waals surface area contributed by atoms with Crippen LogP contribution in [0.1, 0.15) is 13.8 Å². The lowest BCUT2D eigenvalue weighted by molar-refractivity contribution is -0.146. The molecular formula is C12H14N2O7. The SMILES string of the molecule is CCOC(=O)C(=CC1C(=O)NC(=O)NC1=O)C(=O)OCC. The van der Waals surface area contributed by atoms with E-state index in [0.29, 0.717) is 0 Å². The molecule has 0 radical (unpaired) electrons. The first-order valence-corrected chi connectivity index (χ1v) is 6.12. The summed E-state index contributed by atoms with van der Waals surface area (Å²) in [6.07, 6.45) is 0.813. The fourth-order valence-corrected chi connectivity index (χ4v) is 1.48. The van der Waals surface area contributed by atoms with Crippen LogP contribution in [0.2, 0.25) is 0 Å². The van der Waals surface area contributed by atoms with Gasteiger partial charge >= 0.3 is 18.0 Å². The van der Waals surface area contributed by atoms with Crippen molar-refractivity contribution in [1.82, 2.24) is 10.6 Å². The van der Waals surface area contributed by atoms with Gasteiger partial charge in [-0.1, -0.05) is 0 Å². The van der Waals surface area contributed by atoms with Crippen molar-refractivity contribution in [2.45, 2.75) is 13.8 Å². The molecule has 1 rings (SSSR count). The van der Waals surface area contributed by atoms with Crippen molar-refractivity contribution >= 4 is 29.8 Å². The topological polar surface area (TPSA) is 128 Å². The Balaban J connectivity index is 3.08. The molecule has 0 aromatic carbocycles. The summed E-state index contributed by atoms with van der Waals surface area (Å²) in [5.41, 5.74) is -0.580. The van der Waals surface area contributed by atoms with Gasteiger partial charge in [-0.15, -0.1) is 0 Å². The van der Waals surface area contributed by atoms with Crippen LogP contribution in [-0.2, 0) is 28.7 Å². The lowest BCUT2D eigenvalue weighted by atomic mass is 10.0. The first-order chi connectivity index (χ1) is 9.90. The second-order valence-corrected chi connectivity index (χ2v) is 3.81. The number of esters is 2. The van der Waals surface area contributed by atoms with Crippen molar-refractivity contribution in [3.05, 3.63) is 11.6 Å². The van der Waals surface area contributed by atoms with Crippen LogP contribution in [0.5, 0.6) is 0 Å². The van der Waals surface area contributed by atoms with Gasteiger partial charge in [0, 0.05) is 0 Å². The molecule has 1 saturated heterocycles. The number of imide groups is 2. The Kier molecular flexibility index (Phi) is 5.58. The molecule has 114 valence electrons. The average molecular weight is 298 g/mol. The monoisotopic (exact) mass is 298 g/mol. The average Bonchev–Trinajstić information content (AvgIpc) is 2.38. The molecule has 21 heavy (non-hydrogen) atoms. The summed E-state index contributed by atoms with van der Waals surface area (Å²) in [6.45, 7) is 3.05. The van der Waals surface area contributed by atoms with E-state index in [1.807, 2.05) is 10.6 Å². The van der Waals surface area contributed by atoms with Crippen LogP contribution in [0.15, 0.2) is 11.6 Å². The van der Waals surface area contributed by atoms with E-state index in [-0.39, 0.29) is 13.2 Å². The highest BCUT2D eigenvalue weighted by Gasteiger charge is 2.35. The second-order valence-electron chi connectivity index (χ2n) is 3.81. The molecular weight excluding hydrogens is 284 g/mol. The molecule has 9 heteroatoms. The van der Waals surface area contributed by atoms with Crippen molar-refractivity contribution in [3.8, 4) is 0 Å². The Morgan fingerprint density at radius 2 is 1.43 bits per heavy atom. The van der Waals surface area contributed by atoms with Gasteiger partial charge in [0.15, 0.2) is 0 Å². The standard InChI is InChI=1S/C12H14N2O7/c1-3-20-10(17)7(11(18)21-4-2)5-6-8(15)13-12(19)14-9(6)16/h5-6H,3-4H2,1-2H3,(H2,13,14,15,16,19). The zero-order chi connectivity index (χ0) is 16.0. The molecule has 0 aromatic heterocycles. The van der Waals surface area contributed by atoms with Crippen molar-refractivity contribution < 1.29 is 33.4 Å². The number of carbonyl (C=O) groups is 5. The number of hydrogen-bond donors (Lipinski definition) is 2. The minimum absolute atomic E-state index is 0.00285. The number of carbonyl (C=O) groups excluding carboxylic acids is 5. The maximum Gasteiger partial charge on any atom is 0.345 e. The van der Waals surface area contributed by atoms with Crippen molar-refractivity contribution in [2.75, 3.05) is 13.2 Å². The molecule has 1 aliphatic rings. The molecule has 2 N–H and O–H groups in total. The molecule has 1 heterocycles. The summed E-state index contributed by atoms with van der Waals surface area (Å²) < 4.78 is 9.33. The van der Waals surface area contributed by atoms with E-state index < -0.39 is 41.3 Å². The maximum atomic E-state index is 11.7. The lowest BCUT2D eigenvalue weighted by Crippen LogP contribution is -2.55. The van der Waals surface area contributed by atoms with E-state index in [1.165, 1.54) is 13.8 Å². The van der Waals surface area contributed by atoms with Crippen molar-refractivity contribution in [2.24, 2.45) is 5.92 Å². The first kappa shape index (κ1) is 16.3. The van der Waals surface area contributed by atoms with E-state index in [1.54, 1.807) is 0 Å². The molecule has 1 aliphatic heterocycles. The van der Waals surface area contributed by atoms with Gasteiger partial charge in [-0.05, 0) is 19.9 Å². The van der Waals surface area contributed by atoms with E-state index in [0.717, 1.165) is 6.08 Å². The van der Waals surface area contributed by atoms with Crippen LogP contribution in [-0.4, -0.2) is 43.0 Å². The summed E-state index contributed by atoms with van der Waals surface area (Å²) in [7, 11) is 0. The molecule has 0 unspecified atom stereocenters. The molecule has 0 aromatic rings. The Labute approximate surface area is 119 Å². The minimum Gasteiger partial charge on any atom is -0.462 e. The number of amides is 4. The highest BCUT2D eigenvalue weighted by atomic mass is 16.6. The van der Waals surface area contributed by atoms with Gasteiger partial charge in [-0.25, -0.2) is 14.4 Å². The number of nitrogens with one attached hydrogen (secondary N) is 2. The first-order valence-electron chi connectivity index (χ1n) is 6.12. The van der Waals surface area contributed by atoms with Crippen LogP contribution in [0.4, 0.5) is 4.79 Å². The van der Waals surface area contributed by atoms with Crippen LogP contribution in [0.3, 0.4) is 0 Å². The van der Waals surface area contributed by atoms with Crippen LogP contribution >= 0.6 is 0 Å². The fraction of sp³-hybridized carbons (Fsp3) is 0.417. The molecule has 0 atom stereocenters. The molecule has 4 amide bonds. The Morgan fingerprint density at radius 1 is 1.00 bits per heavy atom. The van der Waals surface area contributed by atoms with E-state index >= 15 is 0 Å². The molecule has 1 fully saturated rings. The molecule has 9 nitrogen and oxygen atoms in total. The summed E-state index contributed by atoms with van der Waals surface area (Å²) in [4.78, 5) is 57.4. The van der Waals surface area contributed by atoms with Gasteiger partial charge in [0.2, 0.25) is 11.8 Å². The summed E-state index contributed by atoms with van der Waals surface area (Å²) in [5.74, 6) is -5.45. The van der Waals surface area contributed by atoms with Gasteiger partial charge < -0.3 is 9.47 Å². The van der Waals surface area contributed by atoms with Gasteiger partial charge in [0.1, 0.15) is 11.5 Å². The predicted octanol–water partition coefficient (Wildman–Crippen LogP) is -0.979. The molecule has 0 bridgehead atoms. The zero-order valence-corrected chi connectivity index (χ0v) is 11.4. The zero-order valence-electron chi connectivity index (χ0n) is 11.4. The van der Waals surface area contributed by atoms with Crippen molar-refractivity contribution in [1.29, 1.82) is 0 Å². The third kappa shape index (κ3) is 4.13. The summed E-state index contributed by atoms with van der Waals surface area (Å²) in [5, 5.41) is 3.70. The third-order valence-corrected chi connectivity index (χ3v) is 2.36. The number of barbiturate groups is 1. The van der Waals surface area contributed by atoms with E-state index in [4.69, 9.17) is 0 Å². The normalized spacial score (nSPS) is 14.9. The van der Waals surface area contributed by atoms with Crippen LogP contribution < -0.4 is 10.6 Å². The highest BCUT2D eigenvalue weighted by molar-refractivity contribution is 6.20. The molecule has 0 saturated carbocycles. The summed E-state index contributed by atoms with van der Waals surface area (Å²) >= 11 is 0. The largest absolute Gasteiger partial charge is 0.462 e. The number of rotatable bonds is 5. The number of hydrogen-bond acceptors (Lipinski definition) is 7. The number of urea groups is 1. The second kappa shape index (κ2) is 7.17. The Hall–Kier alpha value is -2.71. The predicted molar refractivity (Wildman–Crippen MR) is 66.5 cm³/mol. The fourth-order valence-electron chi connectivity index (χ4n) is 1.48.